The number of benzene rings is 1. The summed E-state index contributed by atoms with van der Waals surface area (Å²) in [6, 6.07) is 10.00. The van der Waals surface area contributed by atoms with Gasteiger partial charge in [0.25, 0.3) is 5.91 Å². The number of nitrogens with one attached hydrogen (secondary N) is 2. The van der Waals surface area contributed by atoms with Gasteiger partial charge in [0.05, 0.1) is 11.8 Å². The third-order valence-corrected chi connectivity index (χ3v) is 2.94. The SMILES string of the molecule is CC(OC(=O)c1ccoc1)C(=O)NC(=O)NCc1ccccc1. The summed E-state index contributed by atoms with van der Waals surface area (Å²) in [5.74, 6) is -1.42. The molecule has 0 bridgehead atoms. The van der Waals surface area contributed by atoms with Crippen molar-refractivity contribution >= 4 is 17.9 Å². The van der Waals surface area contributed by atoms with Gasteiger partial charge in [0, 0.05) is 6.54 Å². The Kier molecular flexibility index (Phi) is 5.51. The van der Waals surface area contributed by atoms with E-state index in [9.17, 15) is 14.4 Å². The van der Waals surface area contributed by atoms with E-state index in [0.29, 0.717) is 0 Å². The molecule has 0 saturated carbocycles. The van der Waals surface area contributed by atoms with Gasteiger partial charge in [-0.15, -0.1) is 0 Å². The van der Waals surface area contributed by atoms with Crippen LogP contribution in [0.1, 0.15) is 22.8 Å². The van der Waals surface area contributed by atoms with Crippen molar-refractivity contribution in [3.05, 3.63) is 60.1 Å². The van der Waals surface area contributed by atoms with Crippen LogP contribution in [0.3, 0.4) is 0 Å². The third-order valence-electron chi connectivity index (χ3n) is 2.94. The first kappa shape index (κ1) is 16.3. The lowest BCUT2D eigenvalue weighted by molar-refractivity contribution is -0.127. The van der Waals surface area contributed by atoms with Crippen LogP contribution in [-0.2, 0) is 16.1 Å². The van der Waals surface area contributed by atoms with Gasteiger partial charge in [-0.3, -0.25) is 10.1 Å². The Labute approximate surface area is 132 Å². The Hall–Kier alpha value is -3.09. The number of amides is 3. The van der Waals surface area contributed by atoms with Gasteiger partial charge < -0.3 is 14.5 Å². The zero-order chi connectivity index (χ0) is 16.7. The maximum absolute atomic E-state index is 11.8. The molecule has 1 aromatic heterocycles. The van der Waals surface area contributed by atoms with Gasteiger partial charge in [0.2, 0.25) is 0 Å². The summed E-state index contributed by atoms with van der Waals surface area (Å²) in [7, 11) is 0. The summed E-state index contributed by atoms with van der Waals surface area (Å²) in [5.41, 5.74) is 1.09. The lowest BCUT2D eigenvalue weighted by Gasteiger charge is -2.12. The smallest absolute Gasteiger partial charge is 0.342 e. The Morgan fingerprint density at radius 1 is 1.17 bits per heavy atom. The Morgan fingerprint density at radius 2 is 1.91 bits per heavy atom. The second kappa shape index (κ2) is 7.79. The van der Waals surface area contributed by atoms with Gasteiger partial charge in [0.15, 0.2) is 6.10 Å². The molecule has 2 rings (SSSR count). The van der Waals surface area contributed by atoms with Gasteiger partial charge in [-0.2, -0.15) is 0 Å². The number of ether oxygens (including phenoxy) is 1. The van der Waals surface area contributed by atoms with Crippen LogP contribution in [0.2, 0.25) is 0 Å². The van der Waals surface area contributed by atoms with Crippen LogP contribution in [0.4, 0.5) is 4.79 Å². The molecule has 7 nitrogen and oxygen atoms in total. The van der Waals surface area contributed by atoms with Crippen molar-refractivity contribution in [2.45, 2.75) is 19.6 Å². The van der Waals surface area contributed by atoms with E-state index in [1.807, 2.05) is 30.3 Å². The summed E-state index contributed by atoms with van der Waals surface area (Å²) < 4.78 is 9.68. The Bertz CT molecular complexity index is 667. The zero-order valence-corrected chi connectivity index (χ0v) is 12.4. The molecule has 0 spiro atoms. The van der Waals surface area contributed by atoms with Crippen molar-refractivity contribution in [3.63, 3.8) is 0 Å². The molecule has 0 aliphatic carbocycles. The van der Waals surface area contributed by atoms with Crippen molar-refractivity contribution in [1.82, 2.24) is 10.6 Å². The molecule has 3 amide bonds. The molecule has 23 heavy (non-hydrogen) atoms. The predicted molar refractivity (Wildman–Crippen MR) is 80.4 cm³/mol. The molecule has 7 heteroatoms. The highest BCUT2D eigenvalue weighted by Gasteiger charge is 2.21. The standard InChI is InChI=1S/C16H16N2O5/c1-11(23-15(20)13-7-8-22-10-13)14(19)18-16(21)17-9-12-5-3-2-4-6-12/h2-8,10-11H,9H2,1H3,(H2,17,18,19,21). The van der Waals surface area contributed by atoms with Crippen LogP contribution >= 0.6 is 0 Å². The zero-order valence-electron chi connectivity index (χ0n) is 12.4. The van der Waals surface area contributed by atoms with Crippen LogP contribution in [0, 0.1) is 0 Å². The number of hydrogen-bond donors (Lipinski definition) is 2. The summed E-state index contributed by atoms with van der Waals surface area (Å²) in [6.45, 7) is 1.65. The molecule has 0 aliphatic heterocycles. The highest BCUT2D eigenvalue weighted by Crippen LogP contribution is 2.05. The van der Waals surface area contributed by atoms with E-state index < -0.39 is 24.0 Å². The molecule has 1 heterocycles. The third kappa shape index (κ3) is 4.99. The minimum absolute atomic E-state index is 0.193. The first-order valence-electron chi connectivity index (χ1n) is 6.92. The van der Waals surface area contributed by atoms with Crippen molar-refractivity contribution < 1.29 is 23.5 Å². The van der Waals surface area contributed by atoms with Crippen LogP contribution in [-0.4, -0.2) is 24.0 Å². The van der Waals surface area contributed by atoms with Crippen molar-refractivity contribution in [3.8, 4) is 0 Å². The van der Waals surface area contributed by atoms with E-state index in [0.717, 1.165) is 5.56 Å². The van der Waals surface area contributed by atoms with Gasteiger partial charge in [-0.25, -0.2) is 9.59 Å². The van der Waals surface area contributed by atoms with E-state index in [4.69, 9.17) is 9.15 Å². The topological polar surface area (TPSA) is 97.6 Å². The average molecular weight is 316 g/mol. The molecular weight excluding hydrogens is 300 g/mol. The molecule has 0 fully saturated rings. The molecule has 1 aromatic carbocycles. The molecule has 0 radical (unpaired) electrons. The maximum Gasteiger partial charge on any atom is 0.342 e. The quantitative estimate of drug-likeness (QED) is 0.820. The Balaban J connectivity index is 1.76. The highest BCUT2D eigenvalue weighted by molar-refractivity contribution is 5.98. The number of furan rings is 1. The molecule has 0 saturated heterocycles. The van der Waals surface area contributed by atoms with E-state index in [1.54, 1.807) is 0 Å². The first-order chi connectivity index (χ1) is 11.1. The molecule has 1 unspecified atom stereocenters. The minimum Gasteiger partial charge on any atom is -0.472 e. The van der Waals surface area contributed by atoms with Crippen LogP contribution in [0.15, 0.2) is 53.3 Å². The fourth-order valence-electron chi connectivity index (χ4n) is 1.70. The van der Waals surface area contributed by atoms with Crippen molar-refractivity contribution in [2.24, 2.45) is 0 Å². The fraction of sp³-hybridized carbons (Fsp3) is 0.188. The second-order valence-corrected chi connectivity index (χ2v) is 4.72. The number of rotatable bonds is 5. The second-order valence-electron chi connectivity index (χ2n) is 4.72. The molecule has 1 atom stereocenters. The van der Waals surface area contributed by atoms with E-state index >= 15 is 0 Å². The number of urea groups is 1. The van der Waals surface area contributed by atoms with Crippen LogP contribution in [0.5, 0.6) is 0 Å². The van der Waals surface area contributed by atoms with E-state index in [1.165, 1.54) is 25.5 Å². The molecule has 2 N–H and O–H groups in total. The molecular formula is C16H16N2O5. The summed E-state index contributed by atoms with van der Waals surface area (Å²) in [5, 5.41) is 4.65. The van der Waals surface area contributed by atoms with Crippen molar-refractivity contribution in [1.29, 1.82) is 0 Å². The number of carbonyl (C=O) groups excluding carboxylic acids is 3. The molecule has 120 valence electrons. The van der Waals surface area contributed by atoms with Crippen LogP contribution < -0.4 is 10.6 Å². The average Bonchev–Trinajstić information content (AvgIpc) is 3.08. The lowest BCUT2D eigenvalue weighted by Crippen LogP contribution is -2.44. The van der Waals surface area contributed by atoms with Gasteiger partial charge in [-0.1, -0.05) is 30.3 Å². The normalized spacial score (nSPS) is 11.3. The van der Waals surface area contributed by atoms with Crippen molar-refractivity contribution in [2.75, 3.05) is 0 Å². The monoisotopic (exact) mass is 316 g/mol. The lowest BCUT2D eigenvalue weighted by atomic mass is 10.2. The van der Waals surface area contributed by atoms with Gasteiger partial charge >= 0.3 is 12.0 Å². The predicted octanol–water partition coefficient (Wildman–Crippen LogP) is 1.85. The fourth-order valence-corrected chi connectivity index (χ4v) is 1.70. The maximum atomic E-state index is 11.8. The van der Waals surface area contributed by atoms with E-state index in [2.05, 4.69) is 10.6 Å². The van der Waals surface area contributed by atoms with Crippen LogP contribution in [0.25, 0.3) is 0 Å². The number of esters is 1. The van der Waals surface area contributed by atoms with E-state index in [-0.39, 0.29) is 12.1 Å². The molecule has 0 aliphatic rings. The summed E-state index contributed by atoms with van der Waals surface area (Å²) >= 11 is 0. The Morgan fingerprint density at radius 3 is 2.57 bits per heavy atom. The first-order valence-corrected chi connectivity index (χ1v) is 6.92. The summed E-state index contributed by atoms with van der Waals surface area (Å²) in [6.07, 6.45) is 1.41. The van der Waals surface area contributed by atoms with Gasteiger partial charge in [-0.05, 0) is 18.6 Å². The minimum atomic E-state index is -1.11. The number of imide groups is 1. The highest BCUT2D eigenvalue weighted by atomic mass is 16.5. The number of hydrogen-bond acceptors (Lipinski definition) is 5. The largest absolute Gasteiger partial charge is 0.472 e. The number of carbonyl (C=O) groups is 3. The summed E-state index contributed by atoms with van der Waals surface area (Å²) in [4.78, 5) is 35.1. The van der Waals surface area contributed by atoms with Gasteiger partial charge in [0.1, 0.15) is 6.26 Å². The molecule has 2 aromatic rings.